The normalized spacial score (nSPS) is 11.4. The molecule has 2 N–H and O–H groups in total. The molecule has 0 heterocycles. The topological polar surface area (TPSA) is 93.7 Å². The molecule has 0 fully saturated rings. The first-order chi connectivity index (χ1) is 11.1. The van der Waals surface area contributed by atoms with Crippen molar-refractivity contribution in [3.05, 3.63) is 35.9 Å². The molecule has 0 aliphatic heterocycles. The van der Waals surface area contributed by atoms with Gasteiger partial charge in [-0.1, -0.05) is 18.2 Å². The molecule has 23 heavy (non-hydrogen) atoms. The maximum Gasteiger partial charge on any atom is 0.330 e. The fourth-order valence-electron chi connectivity index (χ4n) is 1.89. The number of hydrogen-bond donors (Lipinski definition) is 2. The van der Waals surface area contributed by atoms with E-state index in [1.165, 1.54) is 14.2 Å². The summed E-state index contributed by atoms with van der Waals surface area (Å²) in [6.45, 7) is 0.414. The molecule has 0 aromatic heterocycles. The van der Waals surface area contributed by atoms with Crippen LogP contribution in [-0.4, -0.2) is 51.2 Å². The zero-order chi connectivity index (χ0) is 17.1. The van der Waals surface area contributed by atoms with Gasteiger partial charge >= 0.3 is 5.97 Å². The molecular formula is C16H22N2O5. The maximum atomic E-state index is 11.8. The van der Waals surface area contributed by atoms with Gasteiger partial charge in [0.25, 0.3) is 5.91 Å². The van der Waals surface area contributed by atoms with Crippen LogP contribution >= 0.6 is 0 Å². The average Bonchev–Trinajstić information content (AvgIpc) is 2.58. The number of benzene rings is 1. The SMILES string of the molecule is COC[C@@H](NC(=O)CCCNC(=O)c1ccccc1)C(=O)OC. The van der Waals surface area contributed by atoms with Crippen molar-refractivity contribution in [1.29, 1.82) is 0 Å². The summed E-state index contributed by atoms with van der Waals surface area (Å²) in [5.41, 5.74) is 0.572. The lowest BCUT2D eigenvalue weighted by Gasteiger charge is -2.15. The second-order valence-corrected chi connectivity index (χ2v) is 4.82. The summed E-state index contributed by atoms with van der Waals surface area (Å²) >= 11 is 0. The number of ether oxygens (including phenoxy) is 2. The van der Waals surface area contributed by atoms with Crippen molar-refractivity contribution < 1.29 is 23.9 Å². The second kappa shape index (κ2) is 10.3. The van der Waals surface area contributed by atoms with Gasteiger partial charge < -0.3 is 20.1 Å². The molecule has 0 saturated carbocycles. The molecule has 1 aromatic carbocycles. The van der Waals surface area contributed by atoms with Gasteiger partial charge in [-0.25, -0.2) is 4.79 Å². The summed E-state index contributed by atoms with van der Waals surface area (Å²) in [5, 5.41) is 5.27. The highest BCUT2D eigenvalue weighted by Crippen LogP contribution is 1.98. The lowest BCUT2D eigenvalue weighted by Crippen LogP contribution is -2.44. The van der Waals surface area contributed by atoms with Crippen LogP contribution in [0, 0.1) is 0 Å². The van der Waals surface area contributed by atoms with Gasteiger partial charge in [0, 0.05) is 25.6 Å². The lowest BCUT2D eigenvalue weighted by molar-refractivity contribution is -0.146. The van der Waals surface area contributed by atoms with Crippen LogP contribution in [0.5, 0.6) is 0 Å². The van der Waals surface area contributed by atoms with E-state index in [-0.39, 0.29) is 24.8 Å². The van der Waals surface area contributed by atoms with E-state index in [4.69, 9.17) is 4.74 Å². The predicted molar refractivity (Wildman–Crippen MR) is 83.8 cm³/mol. The number of amides is 2. The van der Waals surface area contributed by atoms with Crippen LogP contribution in [-0.2, 0) is 19.1 Å². The lowest BCUT2D eigenvalue weighted by atomic mass is 10.2. The highest BCUT2D eigenvalue weighted by molar-refractivity contribution is 5.94. The van der Waals surface area contributed by atoms with Gasteiger partial charge in [-0.05, 0) is 18.6 Å². The third-order valence-corrected chi connectivity index (χ3v) is 3.06. The molecule has 0 spiro atoms. The first-order valence-corrected chi connectivity index (χ1v) is 7.28. The molecule has 1 aromatic rings. The van der Waals surface area contributed by atoms with Crippen molar-refractivity contribution >= 4 is 17.8 Å². The third kappa shape index (κ3) is 6.92. The van der Waals surface area contributed by atoms with Gasteiger partial charge in [-0.15, -0.1) is 0 Å². The Kier molecular flexibility index (Phi) is 8.38. The van der Waals surface area contributed by atoms with Crippen LogP contribution in [0.15, 0.2) is 30.3 Å². The summed E-state index contributed by atoms with van der Waals surface area (Å²) in [6.07, 6.45) is 0.650. The van der Waals surface area contributed by atoms with Gasteiger partial charge in [-0.2, -0.15) is 0 Å². The zero-order valence-corrected chi connectivity index (χ0v) is 13.3. The minimum absolute atomic E-state index is 0.0448. The summed E-state index contributed by atoms with van der Waals surface area (Å²) in [5.74, 6) is -1.04. The Morgan fingerprint density at radius 2 is 1.83 bits per heavy atom. The minimum atomic E-state index is -0.823. The van der Waals surface area contributed by atoms with Crippen molar-refractivity contribution in [3.63, 3.8) is 0 Å². The molecule has 0 aliphatic rings. The smallest absolute Gasteiger partial charge is 0.330 e. The summed E-state index contributed by atoms with van der Waals surface area (Å²) < 4.78 is 9.44. The maximum absolute atomic E-state index is 11.8. The first-order valence-electron chi connectivity index (χ1n) is 7.28. The Balaban J connectivity index is 2.28. The molecule has 7 heteroatoms. The van der Waals surface area contributed by atoms with Crippen LogP contribution < -0.4 is 10.6 Å². The van der Waals surface area contributed by atoms with E-state index >= 15 is 0 Å². The predicted octanol–water partition coefficient (Wildman–Crippen LogP) is 0.501. The Morgan fingerprint density at radius 1 is 1.13 bits per heavy atom. The van der Waals surface area contributed by atoms with Crippen molar-refractivity contribution in [2.45, 2.75) is 18.9 Å². The minimum Gasteiger partial charge on any atom is -0.467 e. The van der Waals surface area contributed by atoms with Gasteiger partial charge in [0.15, 0.2) is 6.04 Å². The number of methoxy groups -OCH3 is 2. The Labute approximate surface area is 135 Å². The van der Waals surface area contributed by atoms with Crippen LogP contribution in [0.4, 0.5) is 0 Å². The summed E-state index contributed by atoms with van der Waals surface area (Å²) in [4.78, 5) is 35.0. The number of rotatable bonds is 9. The Bertz CT molecular complexity index is 518. The fraction of sp³-hybridized carbons (Fsp3) is 0.438. The number of carbonyl (C=O) groups is 3. The molecule has 2 amide bonds. The first kappa shape index (κ1) is 18.6. The number of esters is 1. The number of nitrogens with one attached hydrogen (secondary N) is 2. The van der Waals surface area contributed by atoms with Gasteiger partial charge in [-0.3, -0.25) is 9.59 Å². The molecule has 0 saturated heterocycles. The van der Waals surface area contributed by atoms with Crippen LogP contribution in [0.25, 0.3) is 0 Å². The molecule has 0 bridgehead atoms. The molecular weight excluding hydrogens is 300 g/mol. The van der Waals surface area contributed by atoms with Crippen molar-refractivity contribution in [2.24, 2.45) is 0 Å². The number of hydrogen-bond acceptors (Lipinski definition) is 5. The van der Waals surface area contributed by atoms with Gasteiger partial charge in [0.2, 0.25) is 5.91 Å². The van der Waals surface area contributed by atoms with E-state index in [2.05, 4.69) is 15.4 Å². The van der Waals surface area contributed by atoms with Crippen molar-refractivity contribution in [2.75, 3.05) is 27.4 Å². The van der Waals surface area contributed by atoms with Gasteiger partial charge in [0.05, 0.1) is 13.7 Å². The molecule has 0 radical (unpaired) electrons. The standard InChI is InChI=1S/C16H22N2O5/c1-22-11-13(16(21)23-2)18-14(19)9-6-10-17-15(20)12-7-4-3-5-8-12/h3-5,7-8,13H,6,9-11H2,1-2H3,(H,17,20)(H,18,19)/t13-/m1/s1. The molecule has 0 unspecified atom stereocenters. The highest BCUT2D eigenvalue weighted by Gasteiger charge is 2.20. The zero-order valence-electron chi connectivity index (χ0n) is 13.3. The van der Waals surface area contributed by atoms with Crippen LogP contribution in [0.1, 0.15) is 23.2 Å². The molecule has 1 atom stereocenters. The largest absolute Gasteiger partial charge is 0.467 e. The van der Waals surface area contributed by atoms with Crippen LogP contribution in [0.2, 0.25) is 0 Å². The van der Waals surface area contributed by atoms with Crippen LogP contribution in [0.3, 0.4) is 0 Å². The van der Waals surface area contributed by atoms with Crippen molar-refractivity contribution in [3.8, 4) is 0 Å². The second-order valence-electron chi connectivity index (χ2n) is 4.82. The van der Waals surface area contributed by atoms with E-state index in [1.807, 2.05) is 6.07 Å². The van der Waals surface area contributed by atoms with E-state index in [1.54, 1.807) is 24.3 Å². The third-order valence-electron chi connectivity index (χ3n) is 3.06. The summed E-state index contributed by atoms with van der Waals surface area (Å²) in [7, 11) is 2.68. The monoisotopic (exact) mass is 322 g/mol. The molecule has 1 rings (SSSR count). The van der Waals surface area contributed by atoms with Gasteiger partial charge in [0.1, 0.15) is 0 Å². The number of carbonyl (C=O) groups excluding carboxylic acids is 3. The quantitative estimate of drug-likeness (QED) is 0.510. The summed E-state index contributed by atoms with van der Waals surface area (Å²) in [6, 6.07) is 8.01. The molecule has 0 aliphatic carbocycles. The van der Waals surface area contributed by atoms with E-state index in [0.717, 1.165) is 0 Å². The average molecular weight is 322 g/mol. The fourth-order valence-corrected chi connectivity index (χ4v) is 1.89. The van der Waals surface area contributed by atoms with E-state index in [0.29, 0.717) is 18.5 Å². The van der Waals surface area contributed by atoms with Crippen molar-refractivity contribution in [1.82, 2.24) is 10.6 Å². The van der Waals surface area contributed by atoms with E-state index < -0.39 is 12.0 Å². The molecule has 7 nitrogen and oxygen atoms in total. The Hall–Kier alpha value is -2.41. The Morgan fingerprint density at radius 3 is 2.43 bits per heavy atom. The molecule has 126 valence electrons. The van der Waals surface area contributed by atoms with E-state index in [9.17, 15) is 14.4 Å². The highest BCUT2D eigenvalue weighted by atomic mass is 16.5.